The van der Waals surface area contributed by atoms with Crippen LogP contribution in [0.5, 0.6) is 0 Å². The third-order valence-electron chi connectivity index (χ3n) is 3.32. The van der Waals surface area contributed by atoms with Crippen LogP contribution in [-0.2, 0) is 0 Å². The molecule has 1 saturated heterocycles. The number of hydrogen-bond donors (Lipinski definition) is 1. The van der Waals surface area contributed by atoms with Gasteiger partial charge in [-0.15, -0.1) is 0 Å². The normalized spacial score (nSPS) is 24.7. The van der Waals surface area contributed by atoms with Crippen molar-refractivity contribution in [3.05, 3.63) is 18.1 Å². The molecule has 1 aliphatic rings. The topological polar surface area (TPSA) is 55.0 Å². The number of hydrogen-bond acceptors (Lipinski definition) is 4. The lowest BCUT2D eigenvalue weighted by Gasteiger charge is -2.37. The van der Waals surface area contributed by atoms with Gasteiger partial charge in [-0.2, -0.15) is 0 Å². The minimum Gasteiger partial charge on any atom is -0.388 e. The molecule has 92 valence electrons. The Morgan fingerprint density at radius 2 is 2.12 bits per heavy atom. The van der Waals surface area contributed by atoms with Gasteiger partial charge in [-0.1, -0.05) is 19.1 Å². The summed E-state index contributed by atoms with van der Waals surface area (Å²) in [4.78, 5) is 11.2. The van der Waals surface area contributed by atoms with E-state index in [0.717, 1.165) is 18.3 Å². The minimum atomic E-state index is 0.318. The molecule has 2 atom stereocenters. The molecule has 4 nitrogen and oxygen atoms in total. The fraction of sp³-hybridized carbons (Fsp3) is 0.583. The van der Waals surface area contributed by atoms with Crippen molar-refractivity contribution < 1.29 is 0 Å². The van der Waals surface area contributed by atoms with Crippen LogP contribution in [0, 0.1) is 5.92 Å². The molecule has 0 bridgehead atoms. The molecule has 0 saturated carbocycles. The number of nitrogens with two attached hydrogens (primary N) is 1. The molecule has 1 aliphatic heterocycles. The quantitative estimate of drug-likeness (QED) is 0.810. The Kier molecular flexibility index (Phi) is 3.57. The molecule has 2 heterocycles. The Labute approximate surface area is 107 Å². The van der Waals surface area contributed by atoms with Crippen molar-refractivity contribution in [2.24, 2.45) is 11.7 Å². The van der Waals surface area contributed by atoms with Crippen LogP contribution in [0.3, 0.4) is 0 Å². The van der Waals surface area contributed by atoms with Crippen molar-refractivity contribution in [3.8, 4) is 0 Å². The van der Waals surface area contributed by atoms with Crippen molar-refractivity contribution in [1.29, 1.82) is 0 Å². The van der Waals surface area contributed by atoms with Crippen LogP contribution in [0.2, 0.25) is 0 Å². The van der Waals surface area contributed by atoms with Gasteiger partial charge in [0.1, 0.15) is 10.7 Å². The average Bonchev–Trinajstić information content (AvgIpc) is 2.29. The Morgan fingerprint density at radius 3 is 2.76 bits per heavy atom. The van der Waals surface area contributed by atoms with Crippen LogP contribution in [0.25, 0.3) is 0 Å². The first kappa shape index (κ1) is 12.2. The summed E-state index contributed by atoms with van der Waals surface area (Å²) in [5.41, 5.74) is 6.34. The molecule has 0 aromatic carbocycles. The van der Waals surface area contributed by atoms with E-state index in [1.165, 1.54) is 12.8 Å². The predicted octanol–water partition coefficient (Wildman–Crippen LogP) is 1.74. The van der Waals surface area contributed by atoms with Crippen LogP contribution in [0.15, 0.2) is 12.4 Å². The molecular weight excluding hydrogens is 232 g/mol. The summed E-state index contributed by atoms with van der Waals surface area (Å²) in [6.45, 7) is 5.50. The number of aromatic nitrogens is 2. The van der Waals surface area contributed by atoms with Gasteiger partial charge >= 0.3 is 0 Å². The van der Waals surface area contributed by atoms with E-state index in [1.54, 1.807) is 12.4 Å². The van der Waals surface area contributed by atoms with Crippen LogP contribution in [0.1, 0.15) is 32.4 Å². The van der Waals surface area contributed by atoms with Gasteiger partial charge in [-0.25, -0.2) is 9.97 Å². The first-order chi connectivity index (χ1) is 8.09. The fourth-order valence-electron chi connectivity index (χ4n) is 2.44. The molecule has 1 fully saturated rings. The maximum absolute atomic E-state index is 5.70. The van der Waals surface area contributed by atoms with Gasteiger partial charge < -0.3 is 10.6 Å². The van der Waals surface area contributed by atoms with E-state index in [1.807, 2.05) is 0 Å². The average molecular weight is 250 g/mol. The van der Waals surface area contributed by atoms with Crippen molar-refractivity contribution in [2.45, 2.75) is 32.7 Å². The number of anilines is 1. The highest BCUT2D eigenvalue weighted by Crippen LogP contribution is 2.27. The molecule has 0 amide bonds. The van der Waals surface area contributed by atoms with Gasteiger partial charge in [0.25, 0.3) is 0 Å². The molecule has 1 aromatic heterocycles. The zero-order valence-electron chi connectivity index (χ0n) is 10.3. The summed E-state index contributed by atoms with van der Waals surface area (Å²) in [6.07, 6.45) is 5.68. The molecule has 1 aromatic rings. The van der Waals surface area contributed by atoms with E-state index in [2.05, 4.69) is 28.7 Å². The lowest BCUT2D eigenvalue weighted by molar-refractivity contribution is 0.375. The summed E-state index contributed by atoms with van der Waals surface area (Å²) >= 11 is 5.03. The van der Waals surface area contributed by atoms with Crippen LogP contribution < -0.4 is 10.6 Å². The molecule has 2 rings (SSSR count). The van der Waals surface area contributed by atoms with Gasteiger partial charge in [0.15, 0.2) is 5.82 Å². The highest BCUT2D eigenvalue weighted by atomic mass is 32.1. The Balaban J connectivity index is 2.30. The van der Waals surface area contributed by atoms with Crippen molar-refractivity contribution in [1.82, 2.24) is 9.97 Å². The summed E-state index contributed by atoms with van der Waals surface area (Å²) in [7, 11) is 0. The molecule has 0 aliphatic carbocycles. The summed E-state index contributed by atoms with van der Waals surface area (Å²) < 4.78 is 0. The van der Waals surface area contributed by atoms with Gasteiger partial charge in [0.05, 0.1) is 0 Å². The Hall–Kier alpha value is -1.23. The third-order valence-corrected chi connectivity index (χ3v) is 3.52. The first-order valence-electron chi connectivity index (χ1n) is 5.97. The highest BCUT2D eigenvalue weighted by molar-refractivity contribution is 7.80. The number of thiocarbonyl (C=S) groups is 1. The molecule has 5 heteroatoms. The lowest BCUT2D eigenvalue weighted by atomic mass is 9.93. The van der Waals surface area contributed by atoms with Gasteiger partial charge in [-0.3, -0.25) is 0 Å². The Morgan fingerprint density at radius 1 is 1.41 bits per heavy atom. The number of rotatable bonds is 2. The smallest absolute Gasteiger partial charge is 0.157 e. The third kappa shape index (κ3) is 2.54. The molecule has 0 radical (unpaired) electrons. The first-order valence-corrected chi connectivity index (χ1v) is 6.38. The van der Waals surface area contributed by atoms with E-state index in [-0.39, 0.29) is 0 Å². The monoisotopic (exact) mass is 250 g/mol. The second-order valence-electron chi connectivity index (χ2n) is 4.76. The van der Waals surface area contributed by atoms with Gasteiger partial charge in [0.2, 0.25) is 0 Å². The standard InChI is InChI=1S/C12H18N4S/c1-8-3-6-16(9(2)7-8)12-10(11(13)17)14-4-5-15-12/h4-5,8-9H,3,6-7H2,1-2H3,(H2,13,17). The Bertz CT molecular complexity index is 421. The molecule has 2 unspecified atom stereocenters. The van der Waals surface area contributed by atoms with E-state index in [0.29, 0.717) is 16.7 Å². The van der Waals surface area contributed by atoms with Crippen LogP contribution >= 0.6 is 12.2 Å². The van der Waals surface area contributed by atoms with E-state index in [9.17, 15) is 0 Å². The zero-order valence-corrected chi connectivity index (χ0v) is 11.1. The number of nitrogens with zero attached hydrogens (tertiary/aromatic N) is 3. The largest absolute Gasteiger partial charge is 0.388 e. The summed E-state index contributed by atoms with van der Waals surface area (Å²) in [6, 6.07) is 0.462. The fourth-order valence-corrected chi connectivity index (χ4v) is 2.58. The SMILES string of the molecule is CC1CCN(c2nccnc2C(N)=S)C(C)C1. The molecular formula is C12H18N4S. The van der Waals surface area contributed by atoms with Crippen molar-refractivity contribution in [2.75, 3.05) is 11.4 Å². The lowest BCUT2D eigenvalue weighted by Crippen LogP contribution is -2.42. The second-order valence-corrected chi connectivity index (χ2v) is 5.20. The molecule has 0 spiro atoms. The minimum absolute atomic E-state index is 0.318. The maximum Gasteiger partial charge on any atom is 0.157 e. The maximum atomic E-state index is 5.70. The molecule has 17 heavy (non-hydrogen) atoms. The van der Waals surface area contributed by atoms with Gasteiger partial charge in [-0.05, 0) is 25.7 Å². The van der Waals surface area contributed by atoms with Crippen molar-refractivity contribution in [3.63, 3.8) is 0 Å². The van der Waals surface area contributed by atoms with Crippen LogP contribution in [-0.4, -0.2) is 27.5 Å². The second kappa shape index (κ2) is 4.96. The van der Waals surface area contributed by atoms with E-state index < -0.39 is 0 Å². The predicted molar refractivity (Wildman–Crippen MR) is 73.1 cm³/mol. The summed E-state index contributed by atoms with van der Waals surface area (Å²) in [5, 5.41) is 0. The molecule has 2 N–H and O–H groups in total. The highest BCUT2D eigenvalue weighted by Gasteiger charge is 2.26. The van der Waals surface area contributed by atoms with E-state index in [4.69, 9.17) is 18.0 Å². The van der Waals surface area contributed by atoms with E-state index >= 15 is 0 Å². The van der Waals surface area contributed by atoms with Crippen molar-refractivity contribution >= 4 is 23.0 Å². The van der Waals surface area contributed by atoms with Crippen LogP contribution in [0.4, 0.5) is 5.82 Å². The zero-order chi connectivity index (χ0) is 12.4. The summed E-state index contributed by atoms with van der Waals surface area (Å²) in [5.74, 6) is 1.60. The number of piperidine rings is 1. The van der Waals surface area contributed by atoms with Gasteiger partial charge in [0, 0.05) is 25.0 Å².